The van der Waals surface area contributed by atoms with Crippen molar-refractivity contribution in [2.24, 2.45) is 5.92 Å². The number of carbonyl (C=O) groups is 3. The number of rotatable bonds is 4. The zero-order chi connectivity index (χ0) is 18.5. The van der Waals surface area contributed by atoms with Crippen LogP contribution < -0.4 is 5.32 Å². The number of nitrogens with zero attached hydrogens (tertiary/aromatic N) is 3. The summed E-state index contributed by atoms with van der Waals surface area (Å²) in [7, 11) is 0. The van der Waals surface area contributed by atoms with E-state index >= 15 is 0 Å². The molecule has 1 fully saturated rings. The van der Waals surface area contributed by atoms with Gasteiger partial charge in [0.15, 0.2) is 0 Å². The van der Waals surface area contributed by atoms with Gasteiger partial charge in [0.1, 0.15) is 6.33 Å². The fraction of sp³-hybridized carbons (Fsp3) is 0.278. The highest BCUT2D eigenvalue weighted by Gasteiger charge is 2.27. The summed E-state index contributed by atoms with van der Waals surface area (Å²) in [6.07, 6.45) is 5.11. The van der Waals surface area contributed by atoms with E-state index in [1.807, 2.05) is 0 Å². The third-order valence-corrected chi connectivity index (χ3v) is 4.34. The zero-order valence-corrected chi connectivity index (χ0v) is 14.0. The minimum atomic E-state index is -0.805. The number of amides is 2. The number of likely N-dealkylation sites (tertiary alicyclic amines) is 1. The fourth-order valence-electron chi connectivity index (χ4n) is 2.83. The lowest BCUT2D eigenvalue weighted by atomic mass is 9.96. The minimum Gasteiger partial charge on any atom is -0.481 e. The van der Waals surface area contributed by atoms with Gasteiger partial charge in [0.05, 0.1) is 11.5 Å². The van der Waals surface area contributed by atoms with Gasteiger partial charge in [-0.05, 0) is 37.1 Å². The molecule has 1 aromatic carbocycles. The van der Waals surface area contributed by atoms with Crippen LogP contribution in [0.1, 0.15) is 33.6 Å². The van der Waals surface area contributed by atoms with E-state index in [1.165, 1.54) is 18.7 Å². The van der Waals surface area contributed by atoms with E-state index in [2.05, 4.69) is 15.3 Å². The Morgan fingerprint density at radius 1 is 1.00 bits per heavy atom. The van der Waals surface area contributed by atoms with Crippen molar-refractivity contribution in [2.75, 3.05) is 18.4 Å². The van der Waals surface area contributed by atoms with Crippen LogP contribution in [0.3, 0.4) is 0 Å². The van der Waals surface area contributed by atoms with Crippen LogP contribution >= 0.6 is 0 Å². The topological polar surface area (TPSA) is 112 Å². The lowest BCUT2D eigenvalue weighted by Crippen LogP contribution is -2.40. The van der Waals surface area contributed by atoms with Crippen molar-refractivity contribution >= 4 is 23.5 Å². The molecule has 26 heavy (non-hydrogen) atoms. The van der Waals surface area contributed by atoms with Gasteiger partial charge >= 0.3 is 5.97 Å². The zero-order valence-electron chi connectivity index (χ0n) is 14.0. The number of anilines is 1. The highest BCUT2D eigenvalue weighted by molar-refractivity contribution is 6.04. The lowest BCUT2D eigenvalue weighted by molar-refractivity contribution is -0.143. The van der Waals surface area contributed by atoms with Gasteiger partial charge in [0.2, 0.25) is 0 Å². The van der Waals surface area contributed by atoms with Crippen molar-refractivity contribution in [1.29, 1.82) is 0 Å². The quantitative estimate of drug-likeness (QED) is 0.863. The summed E-state index contributed by atoms with van der Waals surface area (Å²) in [5.41, 5.74) is 1.40. The third kappa shape index (κ3) is 4.02. The number of carbonyl (C=O) groups excluding carboxylic acids is 2. The highest BCUT2D eigenvalue weighted by Crippen LogP contribution is 2.20. The third-order valence-electron chi connectivity index (χ3n) is 4.34. The Balaban J connectivity index is 1.60. The van der Waals surface area contributed by atoms with Crippen molar-refractivity contribution in [2.45, 2.75) is 12.8 Å². The smallest absolute Gasteiger partial charge is 0.306 e. The van der Waals surface area contributed by atoms with Gasteiger partial charge < -0.3 is 15.3 Å². The highest BCUT2D eigenvalue weighted by atomic mass is 16.4. The van der Waals surface area contributed by atoms with E-state index in [4.69, 9.17) is 5.11 Å². The Morgan fingerprint density at radius 2 is 1.62 bits per heavy atom. The predicted octanol–water partition coefficient (Wildman–Crippen LogP) is 1.67. The van der Waals surface area contributed by atoms with Gasteiger partial charge in [0.25, 0.3) is 11.8 Å². The molecule has 0 bridgehead atoms. The van der Waals surface area contributed by atoms with Crippen molar-refractivity contribution in [3.8, 4) is 0 Å². The summed E-state index contributed by atoms with van der Waals surface area (Å²) in [6.45, 7) is 0.866. The van der Waals surface area contributed by atoms with E-state index in [0.29, 0.717) is 42.7 Å². The molecule has 2 aromatic rings. The largest absolute Gasteiger partial charge is 0.481 e. The van der Waals surface area contributed by atoms with E-state index in [9.17, 15) is 14.4 Å². The molecule has 0 saturated carbocycles. The minimum absolute atomic E-state index is 0.136. The first-order valence-corrected chi connectivity index (χ1v) is 8.23. The number of carboxylic acids is 1. The Hall–Kier alpha value is -3.29. The molecule has 1 saturated heterocycles. The number of piperidine rings is 1. The van der Waals surface area contributed by atoms with Crippen LogP contribution in [0.25, 0.3) is 0 Å². The Morgan fingerprint density at radius 3 is 2.19 bits per heavy atom. The second kappa shape index (κ2) is 7.73. The average Bonchev–Trinajstić information content (AvgIpc) is 2.69. The van der Waals surface area contributed by atoms with Crippen molar-refractivity contribution < 1.29 is 19.5 Å². The maximum Gasteiger partial charge on any atom is 0.306 e. The number of carboxylic acid groups (broad SMARTS) is 1. The molecule has 0 radical (unpaired) electrons. The Bertz CT molecular complexity index is 800. The molecule has 0 atom stereocenters. The second-order valence-corrected chi connectivity index (χ2v) is 6.06. The summed E-state index contributed by atoms with van der Waals surface area (Å²) in [5.74, 6) is -1.65. The van der Waals surface area contributed by atoms with Crippen LogP contribution in [0, 0.1) is 5.92 Å². The maximum atomic E-state index is 12.5. The van der Waals surface area contributed by atoms with Crippen molar-refractivity contribution in [3.63, 3.8) is 0 Å². The molecule has 0 aliphatic carbocycles. The number of hydrogen-bond donors (Lipinski definition) is 2. The number of aromatic nitrogens is 2. The van der Waals surface area contributed by atoms with Crippen molar-refractivity contribution in [3.05, 3.63) is 54.1 Å². The predicted molar refractivity (Wildman–Crippen MR) is 92.7 cm³/mol. The first-order valence-electron chi connectivity index (χ1n) is 8.23. The molecule has 8 nitrogen and oxygen atoms in total. The van der Waals surface area contributed by atoms with Gasteiger partial charge in [-0.25, -0.2) is 9.97 Å². The standard InChI is InChI=1S/C18H18N4O4/c23-16(14-9-19-11-20-10-14)21-15-3-1-12(2-4-15)17(24)22-7-5-13(6-8-22)18(25)26/h1-4,9-11,13H,5-8H2,(H,21,23)(H,25,26). The van der Waals surface area contributed by atoms with E-state index in [0.717, 1.165) is 0 Å². The molecule has 2 amide bonds. The summed E-state index contributed by atoms with van der Waals surface area (Å²) in [6, 6.07) is 6.59. The molecule has 0 spiro atoms. The second-order valence-electron chi connectivity index (χ2n) is 6.06. The molecule has 0 unspecified atom stereocenters. The van der Waals surface area contributed by atoms with Gasteiger partial charge in [-0.3, -0.25) is 14.4 Å². The molecular weight excluding hydrogens is 336 g/mol. The lowest BCUT2D eigenvalue weighted by Gasteiger charge is -2.30. The first-order chi connectivity index (χ1) is 12.5. The molecule has 2 N–H and O–H groups in total. The molecule has 8 heteroatoms. The van der Waals surface area contributed by atoms with Gasteiger partial charge in [-0.15, -0.1) is 0 Å². The summed E-state index contributed by atoms with van der Waals surface area (Å²) in [5, 5.41) is 11.7. The average molecular weight is 354 g/mol. The van der Waals surface area contributed by atoms with Gasteiger partial charge in [-0.2, -0.15) is 0 Å². The number of benzene rings is 1. The molecule has 1 aromatic heterocycles. The van der Waals surface area contributed by atoms with E-state index < -0.39 is 5.97 Å². The van der Waals surface area contributed by atoms with E-state index in [1.54, 1.807) is 29.2 Å². The normalized spacial score (nSPS) is 14.7. The van der Waals surface area contributed by atoms with E-state index in [-0.39, 0.29) is 17.7 Å². The molecule has 1 aliphatic heterocycles. The molecule has 1 aliphatic rings. The van der Waals surface area contributed by atoms with Crippen LogP contribution in [0.2, 0.25) is 0 Å². The van der Waals surface area contributed by atoms with Crippen molar-refractivity contribution in [1.82, 2.24) is 14.9 Å². The number of nitrogens with one attached hydrogen (secondary N) is 1. The summed E-state index contributed by atoms with van der Waals surface area (Å²) >= 11 is 0. The van der Waals surface area contributed by atoms with Gasteiger partial charge in [0, 0.05) is 36.7 Å². The molecular formula is C18H18N4O4. The molecule has 2 heterocycles. The summed E-state index contributed by atoms with van der Waals surface area (Å²) < 4.78 is 0. The summed E-state index contributed by atoms with van der Waals surface area (Å²) in [4.78, 5) is 44.8. The maximum absolute atomic E-state index is 12.5. The fourth-order valence-corrected chi connectivity index (χ4v) is 2.83. The number of hydrogen-bond acceptors (Lipinski definition) is 5. The van der Waals surface area contributed by atoms with Crippen LogP contribution in [-0.4, -0.2) is 50.8 Å². The van der Waals surface area contributed by atoms with Crippen LogP contribution in [0.5, 0.6) is 0 Å². The number of aliphatic carboxylic acids is 1. The first kappa shape index (κ1) is 17.5. The monoisotopic (exact) mass is 354 g/mol. The molecule has 3 rings (SSSR count). The Labute approximate surface area is 149 Å². The Kier molecular flexibility index (Phi) is 5.21. The molecule has 134 valence electrons. The van der Waals surface area contributed by atoms with Crippen LogP contribution in [0.4, 0.5) is 5.69 Å². The van der Waals surface area contributed by atoms with Gasteiger partial charge in [-0.1, -0.05) is 0 Å². The SMILES string of the molecule is O=C(Nc1ccc(C(=O)N2CCC(C(=O)O)CC2)cc1)c1cncnc1. The van der Waals surface area contributed by atoms with Crippen LogP contribution in [0.15, 0.2) is 43.0 Å². The van der Waals surface area contributed by atoms with Crippen LogP contribution in [-0.2, 0) is 4.79 Å².